The second-order valence-corrected chi connectivity index (χ2v) is 6.33. The average Bonchev–Trinajstić information content (AvgIpc) is 3.31. The van der Waals surface area contributed by atoms with Crippen LogP contribution in [0.2, 0.25) is 5.02 Å². The first-order chi connectivity index (χ1) is 13.6. The molecule has 0 atom stereocenters. The number of ether oxygens (including phenoxy) is 2. The van der Waals surface area contributed by atoms with Crippen molar-refractivity contribution in [3.05, 3.63) is 39.6 Å². The molecule has 3 heterocycles. The van der Waals surface area contributed by atoms with Crippen LogP contribution in [0.15, 0.2) is 32.1 Å². The quantitative estimate of drug-likeness (QED) is 0.594. The van der Waals surface area contributed by atoms with E-state index in [0.717, 1.165) is 23.7 Å². The van der Waals surface area contributed by atoms with Crippen molar-refractivity contribution in [3.8, 4) is 23.1 Å². The zero-order valence-corrected chi connectivity index (χ0v) is 15.3. The zero-order chi connectivity index (χ0) is 19.5. The first-order valence-electron chi connectivity index (χ1n) is 8.43. The van der Waals surface area contributed by atoms with Crippen molar-refractivity contribution >= 4 is 11.6 Å². The number of nitrogens with zero attached hydrogens (tertiary/aromatic N) is 5. The smallest absolute Gasteiger partial charge is 0.446 e. The average molecular weight is 412 g/mol. The standard InChI is InChI=1S/C16H15ClFN5O5/c17-11-9-10(1-2-12(11)18)23-14(20-27-16(23)24)13-15(21-28-19-13)26-8-5-22-3-6-25-7-4-22/h1-2,9H,3-8H2. The van der Waals surface area contributed by atoms with Gasteiger partial charge in [0.15, 0.2) is 0 Å². The SMILES string of the molecule is O=c1onc(-c2nonc2OCCN2CCOCC2)n1-c1ccc(F)c(Cl)c1. The van der Waals surface area contributed by atoms with Crippen LogP contribution < -0.4 is 10.5 Å². The summed E-state index contributed by atoms with van der Waals surface area (Å²) in [5.41, 5.74) is 0.322. The lowest BCUT2D eigenvalue weighted by Crippen LogP contribution is -2.38. The van der Waals surface area contributed by atoms with Gasteiger partial charge in [0.1, 0.15) is 12.4 Å². The molecule has 1 aromatic carbocycles. The minimum Gasteiger partial charge on any atom is -0.472 e. The molecule has 1 fully saturated rings. The molecule has 0 radical (unpaired) electrons. The maximum atomic E-state index is 13.4. The first-order valence-corrected chi connectivity index (χ1v) is 8.81. The van der Waals surface area contributed by atoms with Gasteiger partial charge < -0.3 is 9.47 Å². The topological polar surface area (TPSA) is 109 Å². The Morgan fingerprint density at radius 2 is 2.04 bits per heavy atom. The molecular weight excluding hydrogens is 397 g/mol. The Morgan fingerprint density at radius 3 is 2.82 bits per heavy atom. The van der Waals surface area contributed by atoms with E-state index in [9.17, 15) is 9.18 Å². The largest absolute Gasteiger partial charge is 0.472 e. The van der Waals surface area contributed by atoms with E-state index in [1.165, 1.54) is 12.1 Å². The highest BCUT2D eigenvalue weighted by molar-refractivity contribution is 6.30. The number of rotatable bonds is 6. The summed E-state index contributed by atoms with van der Waals surface area (Å²) in [4.78, 5) is 14.3. The van der Waals surface area contributed by atoms with Gasteiger partial charge in [-0.25, -0.2) is 18.4 Å². The molecule has 10 nitrogen and oxygen atoms in total. The zero-order valence-electron chi connectivity index (χ0n) is 14.5. The molecule has 0 spiro atoms. The summed E-state index contributed by atoms with van der Waals surface area (Å²) in [5, 5.41) is 11.0. The van der Waals surface area contributed by atoms with E-state index in [-0.39, 0.29) is 28.1 Å². The summed E-state index contributed by atoms with van der Waals surface area (Å²) in [6.45, 7) is 3.99. The fourth-order valence-corrected chi connectivity index (χ4v) is 2.93. The number of aromatic nitrogens is 4. The second kappa shape index (κ2) is 8.09. The molecule has 0 aliphatic carbocycles. The van der Waals surface area contributed by atoms with Gasteiger partial charge in [-0.3, -0.25) is 9.42 Å². The third-order valence-electron chi connectivity index (χ3n) is 4.19. The van der Waals surface area contributed by atoms with Crippen LogP contribution in [-0.2, 0) is 4.74 Å². The van der Waals surface area contributed by atoms with E-state index in [2.05, 4.69) is 20.4 Å². The van der Waals surface area contributed by atoms with E-state index in [1.807, 2.05) is 0 Å². The monoisotopic (exact) mass is 411 g/mol. The molecule has 0 N–H and O–H groups in total. The summed E-state index contributed by atoms with van der Waals surface area (Å²) in [7, 11) is 0. The van der Waals surface area contributed by atoms with Crippen molar-refractivity contribution in [2.75, 3.05) is 39.5 Å². The molecule has 1 aliphatic heterocycles. The van der Waals surface area contributed by atoms with Crippen LogP contribution in [-0.4, -0.2) is 64.4 Å². The van der Waals surface area contributed by atoms with Gasteiger partial charge in [-0.1, -0.05) is 16.8 Å². The van der Waals surface area contributed by atoms with Crippen LogP contribution in [0, 0.1) is 5.82 Å². The molecular formula is C16H15ClFN5O5. The Morgan fingerprint density at radius 1 is 1.21 bits per heavy atom. The predicted octanol–water partition coefficient (Wildman–Crippen LogP) is 1.38. The van der Waals surface area contributed by atoms with E-state index in [0.29, 0.717) is 26.4 Å². The van der Waals surface area contributed by atoms with Crippen molar-refractivity contribution in [1.82, 2.24) is 24.9 Å². The van der Waals surface area contributed by atoms with Crippen LogP contribution >= 0.6 is 11.6 Å². The molecule has 1 aliphatic rings. The van der Waals surface area contributed by atoms with Gasteiger partial charge in [0.2, 0.25) is 11.5 Å². The van der Waals surface area contributed by atoms with Crippen LogP contribution in [0.25, 0.3) is 17.2 Å². The third kappa shape index (κ3) is 3.77. The predicted molar refractivity (Wildman–Crippen MR) is 93.1 cm³/mol. The molecule has 4 rings (SSSR count). The summed E-state index contributed by atoms with van der Waals surface area (Å²) < 4.78 is 34.9. The molecule has 0 saturated carbocycles. The number of benzene rings is 1. The summed E-state index contributed by atoms with van der Waals surface area (Å²) in [6.07, 6.45) is 0. The molecule has 3 aromatic rings. The van der Waals surface area contributed by atoms with Crippen LogP contribution in [0.4, 0.5) is 4.39 Å². The van der Waals surface area contributed by atoms with Crippen molar-refractivity contribution < 1.29 is 23.0 Å². The van der Waals surface area contributed by atoms with E-state index in [4.69, 9.17) is 30.2 Å². The highest BCUT2D eigenvalue weighted by Gasteiger charge is 2.24. The lowest BCUT2D eigenvalue weighted by molar-refractivity contribution is 0.0318. The minimum atomic E-state index is -0.806. The van der Waals surface area contributed by atoms with E-state index in [1.54, 1.807) is 0 Å². The summed E-state index contributed by atoms with van der Waals surface area (Å²) in [5.74, 6) is -1.37. The molecule has 12 heteroatoms. The Hall–Kier alpha value is -2.76. The van der Waals surface area contributed by atoms with Gasteiger partial charge >= 0.3 is 5.76 Å². The van der Waals surface area contributed by atoms with Gasteiger partial charge in [-0.15, -0.1) is 0 Å². The molecule has 28 heavy (non-hydrogen) atoms. The van der Waals surface area contributed by atoms with Crippen LogP contribution in [0.5, 0.6) is 5.88 Å². The highest BCUT2D eigenvalue weighted by Crippen LogP contribution is 2.27. The minimum absolute atomic E-state index is 0.00435. The fourth-order valence-electron chi connectivity index (χ4n) is 2.76. The van der Waals surface area contributed by atoms with Crippen molar-refractivity contribution in [1.29, 1.82) is 0 Å². The third-order valence-corrected chi connectivity index (χ3v) is 4.48. The molecule has 148 valence electrons. The van der Waals surface area contributed by atoms with Gasteiger partial charge in [0.25, 0.3) is 5.88 Å². The normalized spacial score (nSPS) is 15.1. The maximum absolute atomic E-state index is 13.4. The summed E-state index contributed by atoms with van der Waals surface area (Å²) in [6, 6.07) is 3.75. The van der Waals surface area contributed by atoms with Crippen molar-refractivity contribution in [3.63, 3.8) is 0 Å². The lowest BCUT2D eigenvalue weighted by atomic mass is 10.3. The molecule has 0 bridgehead atoms. The molecule has 2 aromatic heterocycles. The molecule has 0 unspecified atom stereocenters. The van der Waals surface area contributed by atoms with E-state index < -0.39 is 11.6 Å². The van der Waals surface area contributed by atoms with E-state index >= 15 is 0 Å². The Balaban J connectivity index is 1.56. The fraction of sp³-hybridized carbons (Fsp3) is 0.375. The number of hydrogen-bond donors (Lipinski definition) is 0. The van der Waals surface area contributed by atoms with Crippen molar-refractivity contribution in [2.24, 2.45) is 0 Å². The van der Waals surface area contributed by atoms with Crippen molar-refractivity contribution in [2.45, 2.75) is 0 Å². The van der Waals surface area contributed by atoms with Gasteiger partial charge in [0, 0.05) is 19.6 Å². The highest BCUT2D eigenvalue weighted by atomic mass is 35.5. The number of halogens is 2. The Labute approximate surface area is 162 Å². The van der Waals surface area contributed by atoms with Crippen LogP contribution in [0.3, 0.4) is 0 Å². The number of morpholine rings is 1. The first kappa shape index (κ1) is 18.6. The number of hydrogen-bond acceptors (Lipinski definition) is 9. The molecule has 0 amide bonds. The second-order valence-electron chi connectivity index (χ2n) is 5.93. The Kier molecular flexibility index (Phi) is 5.37. The van der Waals surface area contributed by atoms with Gasteiger partial charge in [-0.2, -0.15) is 0 Å². The van der Waals surface area contributed by atoms with Gasteiger partial charge in [0.05, 0.1) is 23.9 Å². The lowest BCUT2D eigenvalue weighted by Gasteiger charge is -2.26. The molecule has 1 saturated heterocycles. The maximum Gasteiger partial charge on any atom is 0.446 e. The summed E-state index contributed by atoms with van der Waals surface area (Å²) >= 11 is 5.81. The van der Waals surface area contributed by atoms with Crippen LogP contribution in [0.1, 0.15) is 0 Å². The van der Waals surface area contributed by atoms with Gasteiger partial charge in [-0.05, 0) is 28.5 Å². The Bertz CT molecular complexity index is 1010.